The molecule has 0 aromatic carbocycles. The lowest BCUT2D eigenvalue weighted by Gasteiger charge is -2.37. The fourth-order valence-electron chi connectivity index (χ4n) is 3.00. The van der Waals surface area contributed by atoms with Crippen molar-refractivity contribution in [3.63, 3.8) is 0 Å². The summed E-state index contributed by atoms with van der Waals surface area (Å²) in [5, 5.41) is 16.3. The molecule has 1 fully saturated rings. The molecule has 1 rings (SSSR count). The zero-order chi connectivity index (χ0) is 16.5. The van der Waals surface area contributed by atoms with E-state index in [0.29, 0.717) is 0 Å². The molecule has 0 aromatic rings. The van der Waals surface area contributed by atoms with Crippen LogP contribution in [-0.4, -0.2) is 48.3 Å². The monoisotopic (exact) mass is 329 g/mol. The van der Waals surface area contributed by atoms with E-state index < -0.39 is 0 Å². The standard InChI is InChI=1S/C17H35N3OS/c1-5-18-15(19-13-16(2,3)22-4)20-14-17(11-12-21)9-7-6-8-10-17/h21H,5-14H2,1-4H3,(H2,18,19,20). The molecule has 22 heavy (non-hydrogen) atoms. The average molecular weight is 330 g/mol. The molecule has 0 radical (unpaired) electrons. The summed E-state index contributed by atoms with van der Waals surface area (Å²) >= 11 is 1.84. The lowest BCUT2D eigenvalue weighted by atomic mass is 9.72. The zero-order valence-corrected chi connectivity index (χ0v) is 15.7. The molecule has 4 nitrogen and oxygen atoms in total. The number of hydrogen-bond donors (Lipinski definition) is 3. The Kier molecular flexibility index (Phi) is 8.62. The lowest BCUT2D eigenvalue weighted by molar-refractivity contribution is 0.131. The topological polar surface area (TPSA) is 56.7 Å². The molecule has 0 amide bonds. The van der Waals surface area contributed by atoms with Crippen molar-refractivity contribution >= 4 is 17.7 Å². The van der Waals surface area contributed by atoms with E-state index in [4.69, 9.17) is 4.99 Å². The summed E-state index contributed by atoms with van der Waals surface area (Å²) in [5.41, 5.74) is 0.248. The van der Waals surface area contributed by atoms with Crippen molar-refractivity contribution in [1.29, 1.82) is 0 Å². The Balaban J connectivity index is 2.63. The molecule has 0 unspecified atom stereocenters. The summed E-state index contributed by atoms with van der Waals surface area (Å²) in [5.74, 6) is 0.910. The van der Waals surface area contributed by atoms with Gasteiger partial charge in [-0.05, 0) is 51.7 Å². The number of aliphatic hydroxyl groups excluding tert-OH is 1. The van der Waals surface area contributed by atoms with E-state index in [2.05, 4.69) is 37.7 Å². The summed E-state index contributed by atoms with van der Waals surface area (Å²) in [6, 6.07) is 0. The molecule has 1 aliphatic rings. The number of guanidine groups is 1. The maximum Gasteiger partial charge on any atom is 0.191 e. The number of aliphatic imine (C=N–C) groups is 1. The first-order valence-electron chi connectivity index (χ1n) is 8.65. The van der Waals surface area contributed by atoms with Gasteiger partial charge in [-0.1, -0.05) is 19.3 Å². The predicted molar refractivity (Wildman–Crippen MR) is 98.8 cm³/mol. The Hall–Kier alpha value is -0.420. The van der Waals surface area contributed by atoms with Crippen LogP contribution in [0.5, 0.6) is 0 Å². The molecule has 1 aliphatic carbocycles. The number of rotatable bonds is 8. The van der Waals surface area contributed by atoms with Crippen molar-refractivity contribution in [2.45, 2.75) is 64.0 Å². The van der Waals surface area contributed by atoms with E-state index in [1.165, 1.54) is 32.1 Å². The van der Waals surface area contributed by atoms with Crippen LogP contribution in [0, 0.1) is 5.41 Å². The van der Waals surface area contributed by atoms with E-state index in [1.807, 2.05) is 11.8 Å². The molecule has 0 bridgehead atoms. The van der Waals surface area contributed by atoms with Crippen LogP contribution in [0.4, 0.5) is 0 Å². The van der Waals surface area contributed by atoms with E-state index in [1.54, 1.807) is 0 Å². The maximum atomic E-state index is 9.42. The third-order valence-corrected chi connectivity index (χ3v) is 5.94. The Labute approximate surface area is 140 Å². The quantitative estimate of drug-likeness (QED) is 0.473. The van der Waals surface area contributed by atoms with E-state index in [9.17, 15) is 5.11 Å². The summed E-state index contributed by atoms with van der Waals surface area (Å²) < 4.78 is 0.163. The molecule has 1 saturated carbocycles. The van der Waals surface area contributed by atoms with Crippen LogP contribution in [0.1, 0.15) is 59.3 Å². The summed E-state index contributed by atoms with van der Waals surface area (Å²) in [7, 11) is 0. The molecule has 130 valence electrons. The van der Waals surface area contributed by atoms with Gasteiger partial charge in [0.05, 0.1) is 6.54 Å². The molecule has 3 N–H and O–H groups in total. The van der Waals surface area contributed by atoms with Crippen LogP contribution in [0.25, 0.3) is 0 Å². The molecule has 5 heteroatoms. The highest BCUT2D eigenvalue weighted by molar-refractivity contribution is 7.99. The normalized spacial score (nSPS) is 19.0. The second-order valence-corrected chi connectivity index (χ2v) is 8.56. The largest absolute Gasteiger partial charge is 0.396 e. The first-order chi connectivity index (χ1) is 10.5. The smallest absolute Gasteiger partial charge is 0.191 e. The minimum absolute atomic E-state index is 0.163. The van der Waals surface area contributed by atoms with Gasteiger partial charge in [-0.25, -0.2) is 0 Å². The van der Waals surface area contributed by atoms with Gasteiger partial charge in [0, 0.05) is 24.4 Å². The van der Waals surface area contributed by atoms with Crippen molar-refractivity contribution in [3.05, 3.63) is 0 Å². The molecule has 0 atom stereocenters. The summed E-state index contributed by atoms with van der Waals surface area (Å²) in [6.45, 7) is 9.42. The van der Waals surface area contributed by atoms with E-state index in [0.717, 1.165) is 32.0 Å². The lowest BCUT2D eigenvalue weighted by Crippen LogP contribution is -2.45. The third kappa shape index (κ3) is 6.78. The van der Waals surface area contributed by atoms with Gasteiger partial charge in [-0.2, -0.15) is 11.8 Å². The van der Waals surface area contributed by atoms with Gasteiger partial charge in [0.15, 0.2) is 5.96 Å². The van der Waals surface area contributed by atoms with Gasteiger partial charge in [-0.15, -0.1) is 0 Å². The first-order valence-corrected chi connectivity index (χ1v) is 9.88. The molecule has 0 aromatic heterocycles. The van der Waals surface area contributed by atoms with Crippen LogP contribution in [0.2, 0.25) is 0 Å². The molecule has 0 heterocycles. The van der Waals surface area contributed by atoms with Crippen LogP contribution in [-0.2, 0) is 0 Å². The molecule has 0 aliphatic heterocycles. The number of thioether (sulfide) groups is 1. The predicted octanol–water partition coefficient (Wildman–Crippen LogP) is 3.02. The zero-order valence-electron chi connectivity index (χ0n) is 14.9. The SMILES string of the molecule is CCNC(=NCC(C)(C)SC)NCC1(CCO)CCCCC1. The number of aliphatic hydroxyl groups is 1. The third-order valence-electron chi connectivity index (χ3n) is 4.70. The van der Waals surface area contributed by atoms with Gasteiger partial charge in [0.1, 0.15) is 0 Å². The van der Waals surface area contributed by atoms with Crippen molar-refractivity contribution in [2.75, 3.05) is 32.5 Å². The van der Waals surface area contributed by atoms with Gasteiger partial charge in [0.2, 0.25) is 0 Å². The van der Waals surface area contributed by atoms with Crippen molar-refractivity contribution < 1.29 is 5.11 Å². The second kappa shape index (κ2) is 9.66. The van der Waals surface area contributed by atoms with Gasteiger partial charge in [0.25, 0.3) is 0 Å². The van der Waals surface area contributed by atoms with Crippen LogP contribution >= 0.6 is 11.8 Å². The van der Waals surface area contributed by atoms with E-state index >= 15 is 0 Å². The van der Waals surface area contributed by atoms with Crippen LogP contribution < -0.4 is 10.6 Å². The highest BCUT2D eigenvalue weighted by Crippen LogP contribution is 2.38. The summed E-state index contributed by atoms with van der Waals surface area (Å²) in [4.78, 5) is 4.74. The number of nitrogens with one attached hydrogen (secondary N) is 2. The number of nitrogens with zero attached hydrogens (tertiary/aromatic N) is 1. The Morgan fingerprint density at radius 1 is 1.23 bits per heavy atom. The molecule has 0 saturated heterocycles. The Morgan fingerprint density at radius 3 is 2.45 bits per heavy atom. The van der Waals surface area contributed by atoms with Crippen molar-refractivity contribution in [2.24, 2.45) is 10.4 Å². The first kappa shape index (κ1) is 19.6. The van der Waals surface area contributed by atoms with E-state index in [-0.39, 0.29) is 16.8 Å². The van der Waals surface area contributed by atoms with Crippen LogP contribution in [0.15, 0.2) is 4.99 Å². The van der Waals surface area contributed by atoms with Gasteiger partial charge in [-0.3, -0.25) is 4.99 Å². The van der Waals surface area contributed by atoms with Gasteiger partial charge >= 0.3 is 0 Å². The van der Waals surface area contributed by atoms with Crippen molar-refractivity contribution in [1.82, 2.24) is 10.6 Å². The Bertz CT molecular complexity index is 333. The fourth-order valence-corrected chi connectivity index (χ4v) is 3.19. The highest BCUT2D eigenvalue weighted by Gasteiger charge is 2.31. The minimum atomic E-state index is 0.163. The minimum Gasteiger partial charge on any atom is -0.396 e. The molecule has 0 spiro atoms. The second-order valence-electron chi connectivity index (χ2n) is 7.05. The molecular formula is C17H35N3OS. The molecular weight excluding hydrogens is 294 g/mol. The van der Waals surface area contributed by atoms with Gasteiger partial charge < -0.3 is 15.7 Å². The number of hydrogen-bond acceptors (Lipinski definition) is 3. The van der Waals surface area contributed by atoms with Crippen LogP contribution in [0.3, 0.4) is 0 Å². The highest BCUT2D eigenvalue weighted by atomic mass is 32.2. The summed E-state index contributed by atoms with van der Waals surface area (Å²) in [6.07, 6.45) is 9.38. The average Bonchev–Trinajstić information content (AvgIpc) is 2.51. The Morgan fingerprint density at radius 2 is 1.91 bits per heavy atom. The maximum absolute atomic E-state index is 9.42. The van der Waals surface area contributed by atoms with Crippen molar-refractivity contribution in [3.8, 4) is 0 Å². The fraction of sp³-hybridized carbons (Fsp3) is 0.941.